The SMILES string of the molecule is COc1ccccc1P(c1ccccc1)c1ccccc1-c1c(OC)cccc1OC. The lowest BCUT2D eigenvalue weighted by Gasteiger charge is -2.25. The van der Waals surface area contributed by atoms with Crippen molar-refractivity contribution in [2.75, 3.05) is 21.3 Å². The molecule has 0 fully saturated rings. The Hall–Kier alpha value is -3.29. The topological polar surface area (TPSA) is 27.7 Å². The van der Waals surface area contributed by atoms with E-state index in [2.05, 4.69) is 60.7 Å². The number of rotatable bonds is 7. The molecule has 0 aliphatic carbocycles. The number of benzene rings is 4. The zero-order valence-corrected chi connectivity index (χ0v) is 18.8. The van der Waals surface area contributed by atoms with Crippen molar-refractivity contribution in [1.82, 2.24) is 0 Å². The first-order chi connectivity index (χ1) is 15.3. The van der Waals surface area contributed by atoms with Crippen LogP contribution in [0.5, 0.6) is 17.2 Å². The fourth-order valence-electron chi connectivity index (χ4n) is 3.80. The van der Waals surface area contributed by atoms with Crippen LogP contribution >= 0.6 is 7.92 Å². The third-order valence-corrected chi connectivity index (χ3v) is 7.72. The van der Waals surface area contributed by atoms with E-state index in [0.29, 0.717) is 0 Å². The molecule has 4 aromatic carbocycles. The predicted molar refractivity (Wildman–Crippen MR) is 130 cm³/mol. The maximum atomic E-state index is 5.77. The Balaban J connectivity index is 2.02. The summed E-state index contributed by atoms with van der Waals surface area (Å²) in [7, 11) is 4.23. The first-order valence-electron chi connectivity index (χ1n) is 10.1. The third-order valence-electron chi connectivity index (χ3n) is 5.18. The van der Waals surface area contributed by atoms with Crippen LogP contribution in [0.4, 0.5) is 0 Å². The van der Waals surface area contributed by atoms with Crippen LogP contribution in [0.15, 0.2) is 97.1 Å². The smallest absolute Gasteiger partial charge is 0.130 e. The van der Waals surface area contributed by atoms with E-state index in [9.17, 15) is 0 Å². The molecule has 0 heterocycles. The lowest BCUT2D eigenvalue weighted by Crippen LogP contribution is -2.23. The van der Waals surface area contributed by atoms with Crippen LogP contribution in [-0.2, 0) is 0 Å². The van der Waals surface area contributed by atoms with Gasteiger partial charge in [-0.3, -0.25) is 0 Å². The van der Waals surface area contributed by atoms with Crippen molar-refractivity contribution in [3.8, 4) is 28.4 Å². The third kappa shape index (κ3) is 4.15. The molecule has 0 aliphatic rings. The molecule has 0 saturated carbocycles. The van der Waals surface area contributed by atoms with Gasteiger partial charge in [0.1, 0.15) is 17.2 Å². The maximum Gasteiger partial charge on any atom is 0.130 e. The summed E-state index contributed by atoms with van der Waals surface area (Å²) in [5.41, 5.74) is 2.05. The van der Waals surface area contributed by atoms with Gasteiger partial charge in [-0.2, -0.15) is 0 Å². The van der Waals surface area contributed by atoms with E-state index in [4.69, 9.17) is 14.2 Å². The summed E-state index contributed by atoms with van der Waals surface area (Å²) >= 11 is 0. The van der Waals surface area contributed by atoms with Gasteiger partial charge in [-0.1, -0.05) is 78.9 Å². The predicted octanol–water partition coefficient (Wildman–Crippen LogP) is 5.14. The van der Waals surface area contributed by atoms with Crippen LogP contribution < -0.4 is 30.1 Å². The highest BCUT2D eigenvalue weighted by atomic mass is 31.1. The quantitative estimate of drug-likeness (QED) is 0.382. The van der Waals surface area contributed by atoms with Gasteiger partial charge in [-0.05, 0) is 42.3 Å². The molecule has 0 amide bonds. The highest BCUT2D eigenvalue weighted by molar-refractivity contribution is 7.80. The average molecular weight is 428 g/mol. The number of ether oxygens (including phenoxy) is 3. The van der Waals surface area contributed by atoms with E-state index < -0.39 is 7.92 Å². The normalized spacial score (nSPS) is 11.6. The second-order valence-corrected chi connectivity index (χ2v) is 9.05. The summed E-state index contributed by atoms with van der Waals surface area (Å²) < 4.78 is 17.2. The van der Waals surface area contributed by atoms with Crippen molar-refractivity contribution < 1.29 is 14.2 Å². The molecule has 0 radical (unpaired) electrons. The standard InChI is InChI=1S/C27H25O3P/c1-28-22-15-8-10-19-26(22)31(20-12-5-4-6-13-20)25-18-9-7-14-21(25)27-23(29-2)16-11-17-24(27)30-3/h4-19H,1-3H3. The zero-order chi connectivity index (χ0) is 21.6. The molecule has 4 aromatic rings. The fraction of sp³-hybridized carbons (Fsp3) is 0.111. The van der Waals surface area contributed by atoms with Gasteiger partial charge in [0.05, 0.1) is 26.9 Å². The van der Waals surface area contributed by atoms with Gasteiger partial charge in [-0.15, -0.1) is 0 Å². The lowest BCUT2D eigenvalue weighted by molar-refractivity contribution is 0.397. The molecule has 1 atom stereocenters. The van der Waals surface area contributed by atoms with Gasteiger partial charge >= 0.3 is 0 Å². The molecular formula is C27H25O3P. The summed E-state index contributed by atoms with van der Waals surface area (Å²) in [6.45, 7) is 0. The second kappa shape index (κ2) is 9.68. The number of hydrogen-bond acceptors (Lipinski definition) is 3. The van der Waals surface area contributed by atoms with E-state index in [1.54, 1.807) is 21.3 Å². The molecule has 3 nitrogen and oxygen atoms in total. The first-order valence-corrected chi connectivity index (χ1v) is 11.4. The lowest BCUT2D eigenvalue weighted by atomic mass is 10.0. The Kier molecular flexibility index (Phi) is 6.54. The Bertz CT molecular complexity index is 1140. The molecular weight excluding hydrogens is 403 g/mol. The minimum atomic E-state index is -0.888. The minimum Gasteiger partial charge on any atom is -0.496 e. The van der Waals surface area contributed by atoms with Crippen LogP contribution in [0.3, 0.4) is 0 Å². The Morgan fingerprint density at radius 1 is 0.484 bits per heavy atom. The fourth-order valence-corrected chi connectivity index (χ4v) is 6.37. The molecule has 31 heavy (non-hydrogen) atoms. The van der Waals surface area contributed by atoms with Gasteiger partial charge in [0.2, 0.25) is 0 Å². The first kappa shape index (κ1) is 21.0. The van der Waals surface area contributed by atoms with E-state index in [1.807, 2.05) is 36.4 Å². The van der Waals surface area contributed by atoms with Crippen LogP contribution in [0.1, 0.15) is 0 Å². The number of methoxy groups -OCH3 is 3. The summed E-state index contributed by atoms with van der Waals surface area (Å²) in [4.78, 5) is 0. The number of para-hydroxylation sites is 1. The van der Waals surface area contributed by atoms with E-state index in [1.165, 1.54) is 15.9 Å². The maximum absolute atomic E-state index is 5.77. The van der Waals surface area contributed by atoms with Crippen molar-refractivity contribution >= 4 is 23.8 Å². The molecule has 0 saturated heterocycles. The van der Waals surface area contributed by atoms with Crippen molar-refractivity contribution in [3.63, 3.8) is 0 Å². The minimum absolute atomic E-state index is 0.787. The van der Waals surface area contributed by atoms with Gasteiger partial charge in [-0.25, -0.2) is 0 Å². The van der Waals surface area contributed by atoms with E-state index in [0.717, 1.165) is 28.4 Å². The summed E-state index contributed by atoms with van der Waals surface area (Å²) in [5.74, 6) is 2.46. The Labute approximate surface area is 185 Å². The Morgan fingerprint density at radius 2 is 1.00 bits per heavy atom. The molecule has 156 valence electrons. The van der Waals surface area contributed by atoms with E-state index >= 15 is 0 Å². The second-order valence-electron chi connectivity index (χ2n) is 6.90. The molecule has 4 heteroatoms. The average Bonchev–Trinajstić information content (AvgIpc) is 2.85. The molecule has 0 spiro atoms. The van der Waals surface area contributed by atoms with Gasteiger partial charge < -0.3 is 14.2 Å². The number of hydrogen-bond donors (Lipinski definition) is 0. The Morgan fingerprint density at radius 3 is 1.65 bits per heavy atom. The highest BCUT2D eigenvalue weighted by Gasteiger charge is 2.25. The molecule has 0 N–H and O–H groups in total. The van der Waals surface area contributed by atoms with Gasteiger partial charge in [0.15, 0.2) is 0 Å². The molecule has 1 unspecified atom stereocenters. The molecule has 0 aromatic heterocycles. The summed E-state index contributed by atoms with van der Waals surface area (Å²) in [6.07, 6.45) is 0. The zero-order valence-electron chi connectivity index (χ0n) is 17.9. The van der Waals surface area contributed by atoms with Gasteiger partial charge in [0, 0.05) is 5.30 Å². The van der Waals surface area contributed by atoms with Crippen molar-refractivity contribution in [1.29, 1.82) is 0 Å². The van der Waals surface area contributed by atoms with E-state index in [-0.39, 0.29) is 0 Å². The van der Waals surface area contributed by atoms with Crippen LogP contribution in [0.2, 0.25) is 0 Å². The van der Waals surface area contributed by atoms with Crippen molar-refractivity contribution in [2.24, 2.45) is 0 Å². The van der Waals surface area contributed by atoms with Gasteiger partial charge in [0.25, 0.3) is 0 Å². The molecule has 0 aliphatic heterocycles. The highest BCUT2D eigenvalue weighted by Crippen LogP contribution is 2.44. The molecule has 4 rings (SSSR count). The van der Waals surface area contributed by atoms with Crippen molar-refractivity contribution in [3.05, 3.63) is 97.1 Å². The summed E-state index contributed by atoms with van der Waals surface area (Å²) in [5, 5.41) is 3.65. The van der Waals surface area contributed by atoms with Crippen LogP contribution in [0, 0.1) is 0 Å². The largest absolute Gasteiger partial charge is 0.496 e. The molecule has 0 bridgehead atoms. The van der Waals surface area contributed by atoms with Crippen LogP contribution in [-0.4, -0.2) is 21.3 Å². The van der Waals surface area contributed by atoms with Crippen molar-refractivity contribution in [2.45, 2.75) is 0 Å². The summed E-state index contributed by atoms with van der Waals surface area (Å²) in [6, 6.07) is 33.3. The monoisotopic (exact) mass is 428 g/mol. The van der Waals surface area contributed by atoms with Crippen LogP contribution in [0.25, 0.3) is 11.1 Å².